The fourth-order valence-electron chi connectivity index (χ4n) is 2.57. The molecule has 134 valence electrons. The highest BCUT2D eigenvalue weighted by Gasteiger charge is 2.25. The molecule has 3 aromatic rings. The Labute approximate surface area is 149 Å². The van der Waals surface area contributed by atoms with Crippen molar-refractivity contribution in [2.45, 2.75) is 19.9 Å². The number of para-hydroxylation sites is 2. The van der Waals surface area contributed by atoms with Crippen LogP contribution < -0.4 is 10.6 Å². The van der Waals surface area contributed by atoms with E-state index in [0.717, 1.165) is 11.0 Å². The van der Waals surface area contributed by atoms with Gasteiger partial charge in [0.05, 0.1) is 11.0 Å². The number of amides is 2. The average molecular weight is 354 g/mol. The van der Waals surface area contributed by atoms with E-state index < -0.39 is 17.8 Å². The number of aromatic nitrogens is 2. The first-order valence-electron chi connectivity index (χ1n) is 8.26. The van der Waals surface area contributed by atoms with Crippen LogP contribution in [0.4, 0.5) is 10.3 Å². The van der Waals surface area contributed by atoms with E-state index in [1.807, 2.05) is 38.1 Å². The van der Waals surface area contributed by atoms with Gasteiger partial charge in [-0.2, -0.15) is 0 Å². The van der Waals surface area contributed by atoms with Gasteiger partial charge in [0.1, 0.15) is 11.9 Å². The van der Waals surface area contributed by atoms with Crippen LogP contribution in [-0.2, 0) is 4.79 Å². The van der Waals surface area contributed by atoms with Crippen molar-refractivity contribution in [2.75, 3.05) is 5.32 Å². The Hall–Kier alpha value is -3.22. The number of nitrogens with one attached hydrogen (secondary N) is 3. The predicted molar refractivity (Wildman–Crippen MR) is 97.2 cm³/mol. The Balaban J connectivity index is 1.73. The molecular weight excluding hydrogens is 335 g/mol. The van der Waals surface area contributed by atoms with E-state index in [0.29, 0.717) is 5.95 Å². The number of anilines is 1. The number of carbonyl (C=O) groups is 2. The van der Waals surface area contributed by atoms with Crippen LogP contribution in [0, 0.1) is 11.7 Å². The number of H-pyrrole nitrogens is 1. The van der Waals surface area contributed by atoms with Gasteiger partial charge in [0.25, 0.3) is 5.91 Å². The number of imidazole rings is 1. The van der Waals surface area contributed by atoms with Crippen LogP contribution in [-0.4, -0.2) is 27.8 Å². The summed E-state index contributed by atoms with van der Waals surface area (Å²) in [5, 5.41) is 5.39. The average Bonchev–Trinajstić information content (AvgIpc) is 3.01. The lowest BCUT2D eigenvalue weighted by Crippen LogP contribution is -2.47. The van der Waals surface area contributed by atoms with E-state index in [1.54, 1.807) is 0 Å². The van der Waals surface area contributed by atoms with E-state index >= 15 is 0 Å². The Morgan fingerprint density at radius 1 is 1.08 bits per heavy atom. The second-order valence-electron chi connectivity index (χ2n) is 6.29. The first-order chi connectivity index (χ1) is 12.4. The van der Waals surface area contributed by atoms with Crippen molar-refractivity contribution in [3.63, 3.8) is 0 Å². The maximum absolute atomic E-state index is 13.0. The summed E-state index contributed by atoms with van der Waals surface area (Å²) in [6.07, 6.45) is 0. The molecule has 6 nitrogen and oxygen atoms in total. The highest BCUT2D eigenvalue weighted by atomic mass is 19.1. The summed E-state index contributed by atoms with van der Waals surface area (Å²) in [5.41, 5.74) is 1.83. The lowest BCUT2D eigenvalue weighted by Gasteiger charge is -2.21. The monoisotopic (exact) mass is 354 g/mol. The van der Waals surface area contributed by atoms with E-state index in [1.165, 1.54) is 24.3 Å². The van der Waals surface area contributed by atoms with Crippen molar-refractivity contribution in [1.82, 2.24) is 15.3 Å². The molecule has 0 spiro atoms. The molecule has 3 N–H and O–H groups in total. The topological polar surface area (TPSA) is 86.9 Å². The third-order valence-electron chi connectivity index (χ3n) is 3.97. The van der Waals surface area contributed by atoms with Gasteiger partial charge < -0.3 is 10.3 Å². The van der Waals surface area contributed by atoms with Crippen molar-refractivity contribution in [3.05, 3.63) is 59.9 Å². The van der Waals surface area contributed by atoms with Crippen LogP contribution in [0.5, 0.6) is 0 Å². The summed E-state index contributed by atoms with van der Waals surface area (Å²) in [6.45, 7) is 3.65. The van der Waals surface area contributed by atoms with Gasteiger partial charge in [0, 0.05) is 5.56 Å². The SMILES string of the molecule is CC(C)C(NC(=O)c1ccc(F)cc1)C(=O)Nc1nc2ccccc2[nH]1. The molecule has 7 heteroatoms. The number of hydrogen-bond donors (Lipinski definition) is 3. The van der Waals surface area contributed by atoms with Gasteiger partial charge >= 0.3 is 0 Å². The summed E-state index contributed by atoms with van der Waals surface area (Å²) in [7, 11) is 0. The van der Waals surface area contributed by atoms with E-state index in [2.05, 4.69) is 20.6 Å². The van der Waals surface area contributed by atoms with Crippen molar-refractivity contribution < 1.29 is 14.0 Å². The second-order valence-corrected chi connectivity index (χ2v) is 6.29. The molecular formula is C19H19FN4O2. The fourth-order valence-corrected chi connectivity index (χ4v) is 2.57. The summed E-state index contributed by atoms with van der Waals surface area (Å²) < 4.78 is 13.0. The first kappa shape index (κ1) is 17.6. The molecule has 1 unspecified atom stereocenters. The Morgan fingerprint density at radius 3 is 2.42 bits per heavy atom. The molecule has 26 heavy (non-hydrogen) atoms. The number of nitrogens with zero attached hydrogens (tertiary/aromatic N) is 1. The van der Waals surface area contributed by atoms with Crippen molar-refractivity contribution in [3.8, 4) is 0 Å². The van der Waals surface area contributed by atoms with Crippen LogP contribution >= 0.6 is 0 Å². The Kier molecular flexibility index (Phi) is 4.97. The van der Waals surface area contributed by atoms with E-state index in [9.17, 15) is 14.0 Å². The van der Waals surface area contributed by atoms with Crippen LogP contribution in [0.2, 0.25) is 0 Å². The minimum absolute atomic E-state index is 0.149. The van der Waals surface area contributed by atoms with Crippen LogP contribution in [0.25, 0.3) is 11.0 Å². The van der Waals surface area contributed by atoms with Gasteiger partial charge in [-0.05, 0) is 42.3 Å². The zero-order chi connectivity index (χ0) is 18.7. The highest BCUT2D eigenvalue weighted by Crippen LogP contribution is 2.14. The summed E-state index contributed by atoms with van der Waals surface area (Å²) >= 11 is 0. The third kappa shape index (κ3) is 3.88. The van der Waals surface area contributed by atoms with Crippen LogP contribution in [0.3, 0.4) is 0 Å². The number of halogens is 1. The molecule has 0 saturated heterocycles. The number of benzene rings is 2. The molecule has 2 aromatic carbocycles. The molecule has 1 heterocycles. The second kappa shape index (κ2) is 7.35. The van der Waals surface area contributed by atoms with Gasteiger partial charge in [-0.15, -0.1) is 0 Å². The van der Waals surface area contributed by atoms with Crippen LogP contribution in [0.15, 0.2) is 48.5 Å². The molecule has 3 rings (SSSR count). The molecule has 0 fully saturated rings. The normalized spacial score (nSPS) is 12.2. The third-order valence-corrected chi connectivity index (χ3v) is 3.97. The summed E-state index contributed by atoms with van der Waals surface area (Å²) in [4.78, 5) is 32.3. The minimum atomic E-state index is -0.763. The fraction of sp³-hybridized carbons (Fsp3) is 0.211. The first-order valence-corrected chi connectivity index (χ1v) is 8.26. The van der Waals surface area contributed by atoms with Crippen molar-refractivity contribution in [2.24, 2.45) is 5.92 Å². The summed E-state index contributed by atoms with van der Waals surface area (Å²) in [6, 6.07) is 11.8. The molecule has 0 saturated carbocycles. The molecule has 2 amide bonds. The number of carbonyl (C=O) groups excluding carboxylic acids is 2. The van der Waals surface area contributed by atoms with Gasteiger partial charge in [0.2, 0.25) is 11.9 Å². The van der Waals surface area contributed by atoms with Gasteiger partial charge in [0.15, 0.2) is 0 Å². The van der Waals surface area contributed by atoms with Gasteiger partial charge in [-0.1, -0.05) is 26.0 Å². The number of fused-ring (bicyclic) bond motifs is 1. The molecule has 1 atom stereocenters. The molecule has 1 aromatic heterocycles. The Bertz CT molecular complexity index is 901. The van der Waals surface area contributed by atoms with E-state index in [4.69, 9.17) is 0 Å². The maximum Gasteiger partial charge on any atom is 0.251 e. The quantitative estimate of drug-likeness (QED) is 0.658. The smallest absolute Gasteiger partial charge is 0.251 e. The maximum atomic E-state index is 13.0. The molecule has 0 aliphatic carbocycles. The largest absolute Gasteiger partial charge is 0.340 e. The van der Waals surface area contributed by atoms with Crippen molar-refractivity contribution in [1.29, 1.82) is 0 Å². The van der Waals surface area contributed by atoms with E-state index in [-0.39, 0.29) is 17.4 Å². The minimum Gasteiger partial charge on any atom is -0.340 e. The zero-order valence-corrected chi connectivity index (χ0v) is 14.4. The molecule has 0 radical (unpaired) electrons. The predicted octanol–water partition coefficient (Wildman–Crippen LogP) is 3.10. The number of hydrogen-bond acceptors (Lipinski definition) is 3. The highest BCUT2D eigenvalue weighted by molar-refractivity contribution is 6.01. The zero-order valence-electron chi connectivity index (χ0n) is 14.4. The van der Waals surface area contributed by atoms with Gasteiger partial charge in [-0.25, -0.2) is 9.37 Å². The van der Waals surface area contributed by atoms with Gasteiger partial charge in [-0.3, -0.25) is 14.9 Å². The lowest BCUT2D eigenvalue weighted by molar-refractivity contribution is -0.118. The number of rotatable bonds is 5. The van der Waals surface area contributed by atoms with Crippen LogP contribution in [0.1, 0.15) is 24.2 Å². The lowest BCUT2D eigenvalue weighted by atomic mass is 10.0. The standard InChI is InChI=1S/C19H19FN4O2/c1-11(2)16(23-17(25)12-7-9-13(20)10-8-12)18(26)24-19-21-14-5-3-4-6-15(14)22-19/h3-11,16H,1-2H3,(H,23,25)(H2,21,22,24,26). The molecule has 0 aliphatic heterocycles. The Morgan fingerprint density at radius 2 is 1.77 bits per heavy atom. The number of aromatic amines is 1. The molecule has 0 bridgehead atoms. The molecule has 0 aliphatic rings. The summed E-state index contributed by atoms with van der Waals surface area (Å²) in [5.74, 6) is -1.08. The van der Waals surface area contributed by atoms with Crippen molar-refractivity contribution >= 4 is 28.8 Å².